The van der Waals surface area contributed by atoms with Crippen molar-refractivity contribution in [3.8, 4) is 0 Å². The van der Waals surface area contributed by atoms with E-state index in [1.165, 1.54) is 26.4 Å². The average Bonchev–Trinajstić information content (AvgIpc) is 2.64. The van der Waals surface area contributed by atoms with E-state index in [9.17, 15) is 9.59 Å². The summed E-state index contributed by atoms with van der Waals surface area (Å²) in [6.07, 6.45) is 13.9. The van der Waals surface area contributed by atoms with Crippen LogP contribution in [-0.2, 0) is 14.3 Å². The van der Waals surface area contributed by atoms with E-state index in [-0.39, 0.29) is 5.78 Å². The number of halogens is 1. The van der Waals surface area contributed by atoms with E-state index in [0.717, 1.165) is 9.99 Å². The summed E-state index contributed by atoms with van der Waals surface area (Å²) in [5, 5.41) is 0. The van der Waals surface area contributed by atoms with Crippen LogP contribution in [0.25, 0.3) is 0 Å². The zero-order valence-corrected chi connectivity index (χ0v) is 17.2. The molecule has 0 amide bonds. The number of methoxy groups -OCH3 is 1. The van der Waals surface area contributed by atoms with Crippen LogP contribution in [0.4, 0.5) is 0 Å². The first-order chi connectivity index (χ1) is 12.2. The largest absolute Gasteiger partial charge is 0.465 e. The van der Waals surface area contributed by atoms with Gasteiger partial charge in [0.25, 0.3) is 0 Å². The Kier molecular flexibility index (Phi) is 11.8. The Hall–Kier alpha value is -1.56. The summed E-state index contributed by atoms with van der Waals surface area (Å²) >= 11 is -0.810. The van der Waals surface area contributed by atoms with Crippen molar-refractivity contribution in [2.24, 2.45) is 0 Å². The number of hydrogen-bond acceptors (Lipinski definition) is 3. The second-order valence-corrected chi connectivity index (χ2v) is 8.37. The minimum absolute atomic E-state index is 0.0971. The highest BCUT2D eigenvalue weighted by molar-refractivity contribution is 14.2. The lowest BCUT2D eigenvalue weighted by Crippen LogP contribution is -2.23. The van der Waals surface area contributed by atoms with Crippen LogP contribution >= 0.6 is 20.7 Å². The molecule has 0 aromatic heterocycles. The molecule has 3 nitrogen and oxygen atoms in total. The predicted octanol–water partition coefficient (Wildman–Crippen LogP) is 5.21. The maximum atomic E-state index is 12.4. The first-order valence-corrected chi connectivity index (χ1v) is 10.8. The van der Waals surface area contributed by atoms with Crippen molar-refractivity contribution < 1.29 is 14.3 Å². The number of esters is 1. The lowest BCUT2D eigenvalue weighted by Gasteiger charge is -2.03. The molecule has 25 heavy (non-hydrogen) atoms. The fraction of sp³-hybridized carbons (Fsp3) is 0.381. The molecule has 0 heterocycles. The number of benzene rings is 1. The maximum Gasteiger partial charge on any atom is 0.347 e. The maximum absolute atomic E-state index is 12.4. The van der Waals surface area contributed by atoms with Crippen LogP contribution in [0.15, 0.2) is 54.6 Å². The average molecular weight is 454 g/mol. The number of Topliss-reactive ketones (excluding diaryl/α,β-unsaturated/α-hetero) is 1. The Morgan fingerprint density at radius 3 is 2.36 bits per heavy atom. The van der Waals surface area contributed by atoms with Gasteiger partial charge in [-0.25, -0.2) is 4.79 Å². The van der Waals surface area contributed by atoms with Gasteiger partial charge in [-0.2, -0.15) is 0 Å². The fourth-order valence-corrected chi connectivity index (χ4v) is 4.48. The summed E-state index contributed by atoms with van der Waals surface area (Å²) in [7, 11) is 1.33. The van der Waals surface area contributed by atoms with Gasteiger partial charge in [-0.3, -0.25) is 4.79 Å². The Bertz CT molecular complexity index is 615. The highest BCUT2D eigenvalue weighted by Gasteiger charge is 2.19. The number of ketones is 1. The van der Waals surface area contributed by atoms with Crippen molar-refractivity contribution in [2.45, 2.75) is 45.4 Å². The van der Waals surface area contributed by atoms with Crippen molar-refractivity contribution in [3.63, 3.8) is 0 Å². The Morgan fingerprint density at radius 2 is 1.72 bits per heavy atom. The zero-order chi connectivity index (χ0) is 18.3. The number of allylic oxidation sites excluding steroid dienone is 4. The highest BCUT2D eigenvalue weighted by Crippen LogP contribution is 2.15. The molecule has 0 radical (unpaired) electrons. The van der Waals surface area contributed by atoms with E-state index in [1.807, 2.05) is 48.6 Å². The third-order valence-electron chi connectivity index (χ3n) is 3.44. The van der Waals surface area contributed by atoms with Crippen LogP contribution < -0.4 is 0 Å². The number of rotatable bonds is 11. The molecule has 1 aromatic carbocycles. The van der Waals surface area contributed by atoms with Crippen molar-refractivity contribution in [2.75, 3.05) is 7.11 Å². The van der Waals surface area contributed by atoms with Crippen LogP contribution in [-0.4, -0.2) is 22.4 Å². The lowest BCUT2D eigenvalue weighted by molar-refractivity contribution is -0.133. The van der Waals surface area contributed by atoms with Crippen molar-refractivity contribution >= 4 is 36.0 Å². The monoisotopic (exact) mass is 454 g/mol. The minimum atomic E-state index is -0.810. The molecule has 0 atom stereocenters. The lowest BCUT2D eigenvalue weighted by atomic mass is 10.1. The van der Waals surface area contributed by atoms with Crippen LogP contribution in [0, 0.1) is 3.57 Å². The fourth-order valence-electron chi connectivity index (χ4n) is 2.07. The Morgan fingerprint density at radius 1 is 1.04 bits per heavy atom. The molecular formula is C21H27IO3. The van der Waals surface area contributed by atoms with E-state index >= 15 is 0 Å². The van der Waals surface area contributed by atoms with Crippen LogP contribution in [0.1, 0.15) is 45.4 Å². The number of ether oxygens (including phenoxy) is 1. The van der Waals surface area contributed by atoms with Crippen LogP contribution in [0.5, 0.6) is 0 Å². The van der Waals surface area contributed by atoms with Gasteiger partial charge in [0.2, 0.25) is 0 Å². The summed E-state index contributed by atoms with van der Waals surface area (Å²) in [6, 6.07) is 9.67. The van der Waals surface area contributed by atoms with Crippen LogP contribution in [0.2, 0.25) is 0 Å². The van der Waals surface area contributed by atoms with Crippen molar-refractivity contribution in [1.29, 1.82) is 0 Å². The van der Waals surface area contributed by atoms with Gasteiger partial charge >= 0.3 is 5.97 Å². The van der Waals surface area contributed by atoms with Gasteiger partial charge in [0.15, 0.2) is 5.78 Å². The number of hydrogen-bond donors (Lipinski definition) is 0. The Labute approximate surface area is 160 Å². The summed E-state index contributed by atoms with van der Waals surface area (Å²) in [5.41, 5.74) is 0. The zero-order valence-electron chi connectivity index (χ0n) is 15.0. The molecule has 0 N–H and O–H groups in total. The van der Waals surface area contributed by atoms with E-state index in [2.05, 4.69) is 13.0 Å². The molecule has 0 spiro atoms. The molecule has 4 heteroatoms. The molecule has 0 aliphatic heterocycles. The normalized spacial score (nSPS) is 12.3. The molecule has 0 saturated heterocycles. The SMILES string of the molecule is CCCCC/C=C/C=C/CCC(=O)C(=Ic1ccccc1)C(=O)OC. The van der Waals surface area contributed by atoms with Gasteiger partial charge < -0.3 is 4.74 Å². The third kappa shape index (κ3) is 9.48. The van der Waals surface area contributed by atoms with E-state index in [0.29, 0.717) is 16.4 Å². The molecule has 0 aliphatic rings. The minimum Gasteiger partial charge on any atom is -0.465 e. The second kappa shape index (κ2) is 13.7. The smallest absolute Gasteiger partial charge is 0.347 e. The topological polar surface area (TPSA) is 43.4 Å². The number of unbranched alkanes of at least 4 members (excludes halogenated alkanes) is 3. The first-order valence-electron chi connectivity index (χ1n) is 8.69. The molecule has 0 fully saturated rings. The van der Waals surface area contributed by atoms with Crippen molar-refractivity contribution in [3.05, 3.63) is 58.2 Å². The predicted molar refractivity (Wildman–Crippen MR) is 113 cm³/mol. The number of carbonyl (C=O) groups excluding carboxylic acids is 2. The number of carbonyl (C=O) groups is 2. The van der Waals surface area contributed by atoms with E-state index < -0.39 is 26.7 Å². The van der Waals surface area contributed by atoms with Gasteiger partial charge in [0.1, 0.15) is 3.51 Å². The summed E-state index contributed by atoms with van der Waals surface area (Å²) in [5.74, 6) is -0.582. The van der Waals surface area contributed by atoms with E-state index in [4.69, 9.17) is 4.74 Å². The summed E-state index contributed by atoms with van der Waals surface area (Å²) in [6.45, 7) is 2.19. The quantitative estimate of drug-likeness (QED) is 0.152. The molecule has 136 valence electrons. The molecule has 0 aliphatic carbocycles. The summed E-state index contributed by atoms with van der Waals surface area (Å²) in [4.78, 5) is 24.3. The molecule has 0 bridgehead atoms. The first kappa shape index (κ1) is 21.5. The van der Waals surface area contributed by atoms with Crippen molar-refractivity contribution in [1.82, 2.24) is 0 Å². The van der Waals surface area contributed by atoms with Gasteiger partial charge in [-0.15, -0.1) is 0 Å². The Balaban J connectivity index is 2.54. The van der Waals surface area contributed by atoms with E-state index in [1.54, 1.807) is 0 Å². The standard InChI is InChI=1S/C21H27IO3/c1-3-4-5-6-7-8-9-10-14-17-19(23)20(21(24)25-2)22-18-15-12-11-13-16-18/h7-13,15-16H,3-6,14,17H2,1-2H3/b8-7+,10-9+. The third-order valence-corrected chi connectivity index (χ3v) is 6.37. The van der Waals surface area contributed by atoms with Gasteiger partial charge in [-0.1, -0.05) is 83.0 Å². The molecule has 1 rings (SSSR count). The van der Waals surface area contributed by atoms with Crippen LogP contribution in [0.3, 0.4) is 0 Å². The molecule has 0 unspecified atom stereocenters. The molecule has 1 aromatic rings. The van der Waals surface area contributed by atoms with Gasteiger partial charge in [0.05, 0.1) is 7.11 Å². The second-order valence-electron chi connectivity index (χ2n) is 5.51. The summed E-state index contributed by atoms with van der Waals surface area (Å²) < 4.78 is 6.17. The molecular weight excluding hydrogens is 427 g/mol. The van der Waals surface area contributed by atoms with Gasteiger partial charge in [0, 0.05) is 9.99 Å². The molecule has 0 saturated carbocycles. The van der Waals surface area contributed by atoms with Gasteiger partial charge in [-0.05, 0) is 31.4 Å². The highest BCUT2D eigenvalue weighted by atomic mass is 127.